The van der Waals surface area contributed by atoms with E-state index in [0.717, 1.165) is 0 Å². The standard InChI is InChI=1S/C13H15N3O4/c1-16-7-9(3-5-11(16)17)15-12(18)8-2-4-10(13(19)20)14-6-8/h2,4,6,9H,3,5,7H2,1H3,(H,15,18)(H,19,20). The first-order chi connectivity index (χ1) is 9.47. The fourth-order valence-corrected chi connectivity index (χ4v) is 2.05. The molecule has 1 atom stereocenters. The number of likely N-dealkylation sites (N-methyl/N-ethyl adjacent to an activating group) is 1. The van der Waals surface area contributed by atoms with Crippen LogP contribution in [0.5, 0.6) is 0 Å². The van der Waals surface area contributed by atoms with E-state index in [4.69, 9.17) is 5.11 Å². The van der Waals surface area contributed by atoms with Crippen molar-refractivity contribution in [2.75, 3.05) is 13.6 Å². The van der Waals surface area contributed by atoms with Gasteiger partial charge < -0.3 is 15.3 Å². The SMILES string of the molecule is CN1CC(NC(=O)c2ccc(C(=O)O)nc2)CCC1=O. The molecular formula is C13H15N3O4. The van der Waals surface area contributed by atoms with Gasteiger partial charge in [0, 0.05) is 32.3 Å². The molecule has 0 spiro atoms. The molecule has 1 aliphatic heterocycles. The molecule has 1 fully saturated rings. The molecule has 2 N–H and O–H groups in total. The second-order valence-corrected chi connectivity index (χ2v) is 4.72. The van der Waals surface area contributed by atoms with E-state index in [1.807, 2.05) is 0 Å². The van der Waals surface area contributed by atoms with Crippen LogP contribution in [0.4, 0.5) is 0 Å². The fraction of sp³-hybridized carbons (Fsp3) is 0.385. The first kappa shape index (κ1) is 14.0. The van der Waals surface area contributed by atoms with Crippen molar-refractivity contribution in [1.82, 2.24) is 15.2 Å². The fourth-order valence-electron chi connectivity index (χ4n) is 2.05. The number of carbonyl (C=O) groups is 3. The summed E-state index contributed by atoms with van der Waals surface area (Å²) in [6.45, 7) is 0.477. The summed E-state index contributed by atoms with van der Waals surface area (Å²) < 4.78 is 0. The van der Waals surface area contributed by atoms with Gasteiger partial charge in [-0.1, -0.05) is 0 Å². The summed E-state index contributed by atoms with van der Waals surface area (Å²) in [5, 5.41) is 11.5. The summed E-state index contributed by atoms with van der Waals surface area (Å²) in [4.78, 5) is 39.3. The van der Waals surface area contributed by atoms with Crippen LogP contribution < -0.4 is 5.32 Å². The summed E-state index contributed by atoms with van der Waals surface area (Å²) in [5.74, 6) is -1.38. The van der Waals surface area contributed by atoms with Crippen LogP contribution >= 0.6 is 0 Å². The Morgan fingerprint density at radius 1 is 1.45 bits per heavy atom. The Kier molecular flexibility index (Phi) is 3.97. The van der Waals surface area contributed by atoms with Crippen LogP contribution in [0.3, 0.4) is 0 Å². The number of carboxylic acids is 1. The quantitative estimate of drug-likeness (QED) is 0.818. The molecule has 1 aromatic heterocycles. The topological polar surface area (TPSA) is 99.6 Å². The molecule has 0 aliphatic carbocycles. The molecular weight excluding hydrogens is 262 g/mol. The number of amides is 2. The maximum atomic E-state index is 12.0. The normalized spacial score (nSPS) is 18.8. The largest absolute Gasteiger partial charge is 0.477 e. The van der Waals surface area contributed by atoms with E-state index in [1.54, 1.807) is 11.9 Å². The van der Waals surface area contributed by atoms with Gasteiger partial charge in [-0.15, -0.1) is 0 Å². The van der Waals surface area contributed by atoms with Gasteiger partial charge in [-0.05, 0) is 18.6 Å². The van der Waals surface area contributed by atoms with Crippen LogP contribution in [-0.2, 0) is 4.79 Å². The molecule has 1 aliphatic rings. The van der Waals surface area contributed by atoms with Crippen LogP contribution in [0.2, 0.25) is 0 Å². The van der Waals surface area contributed by atoms with Crippen molar-refractivity contribution < 1.29 is 19.5 Å². The first-order valence-electron chi connectivity index (χ1n) is 6.21. The van der Waals surface area contributed by atoms with Gasteiger partial charge in [0.25, 0.3) is 5.91 Å². The van der Waals surface area contributed by atoms with E-state index in [0.29, 0.717) is 24.9 Å². The number of nitrogens with zero attached hydrogens (tertiary/aromatic N) is 2. The lowest BCUT2D eigenvalue weighted by atomic mass is 10.1. The van der Waals surface area contributed by atoms with Gasteiger partial charge in [0.05, 0.1) is 5.56 Å². The molecule has 0 bridgehead atoms. The minimum absolute atomic E-state index is 0.0722. The average Bonchev–Trinajstić information content (AvgIpc) is 2.43. The van der Waals surface area contributed by atoms with E-state index in [-0.39, 0.29) is 23.6 Å². The summed E-state index contributed by atoms with van der Waals surface area (Å²) in [6.07, 6.45) is 2.25. The number of aromatic carboxylic acids is 1. The van der Waals surface area contributed by atoms with Gasteiger partial charge in [-0.2, -0.15) is 0 Å². The van der Waals surface area contributed by atoms with Crippen LogP contribution in [0.15, 0.2) is 18.3 Å². The molecule has 1 saturated heterocycles. The molecule has 20 heavy (non-hydrogen) atoms. The zero-order chi connectivity index (χ0) is 14.7. The van der Waals surface area contributed by atoms with Gasteiger partial charge in [0.2, 0.25) is 5.91 Å². The van der Waals surface area contributed by atoms with Crippen LogP contribution in [0, 0.1) is 0 Å². The molecule has 1 aromatic rings. The summed E-state index contributed by atoms with van der Waals surface area (Å²) in [7, 11) is 1.70. The molecule has 2 heterocycles. The Bertz CT molecular complexity index is 541. The summed E-state index contributed by atoms with van der Waals surface area (Å²) in [5.41, 5.74) is 0.194. The third-order valence-corrected chi connectivity index (χ3v) is 3.21. The Balaban J connectivity index is 1.98. The van der Waals surface area contributed by atoms with E-state index >= 15 is 0 Å². The Morgan fingerprint density at radius 3 is 2.75 bits per heavy atom. The Morgan fingerprint density at radius 2 is 2.20 bits per heavy atom. The zero-order valence-electron chi connectivity index (χ0n) is 11.0. The number of hydrogen-bond donors (Lipinski definition) is 2. The first-order valence-corrected chi connectivity index (χ1v) is 6.21. The maximum Gasteiger partial charge on any atom is 0.354 e. The Hall–Kier alpha value is -2.44. The highest BCUT2D eigenvalue weighted by Gasteiger charge is 2.24. The van der Waals surface area contributed by atoms with Crippen LogP contribution in [-0.4, -0.2) is 52.4 Å². The van der Waals surface area contributed by atoms with Crippen LogP contribution in [0.1, 0.15) is 33.7 Å². The highest BCUT2D eigenvalue weighted by Crippen LogP contribution is 2.10. The molecule has 0 saturated carbocycles. The van der Waals surface area contributed by atoms with Crippen molar-refractivity contribution in [3.8, 4) is 0 Å². The molecule has 1 unspecified atom stereocenters. The van der Waals surface area contributed by atoms with Gasteiger partial charge >= 0.3 is 5.97 Å². The number of pyridine rings is 1. The second kappa shape index (κ2) is 5.68. The lowest BCUT2D eigenvalue weighted by molar-refractivity contribution is -0.132. The number of likely N-dealkylation sites (tertiary alicyclic amines) is 1. The third-order valence-electron chi connectivity index (χ3n) is 3.21. The lowest BCUT2D eigenvalue weighted by Crippen LogP contribution is -2.48. The number of aromatic nitrogens is 1. The summed E-state index contributed by atoms with van der Waals surface area (Å²) in [6, 6.07) is 2.61. The predicted octanol–water partition coefficient (Wildman–Crippen LogP) is 0.130. The molecule has 2 rings (SSSR count). The van der Waals surface area contributed by atoms with E-state index < -0.39 is 5.97 Å². The van der Waals surface area contributed by atoms with Crippen molar-refractivity contribution in [2.45, 2.75) is 18.9 Å². The minimum atomic E-state index is -1.13. The molecule has 0 radical (unpaired) electrons. The van der Waals surface area contributed by atoms with E-state index in [9.17, 15) is 14.4 Å². The number of hydrogen-bond acceptors (Lipinski definition) is 4. The van der Waals surface area contributed by atoms with Gasteiger partial charge in [0.1, 0.15) is 5.69 Å². The van der Waals surface area contributed by atoms with Crippen molar-refractivity contribution in [1.29, 1.82) is 0 Å². The highest BCUT2D eigenvalue weighted by atomic mass is 16.4. The van der Waals surface area contributed by atoms with Crippen LogP contribution in [0.25, 0.3) is 0 Å². The van der Waals surface area contributed by atoms with Gasteiger partial charge in [-0.25, -0.2) is 9.78 Å². The second-order valence-electron chi connectivity index (χ2n) is 4.72. The predicted molar refractivity (Wildman–Crippen MR) is 69.3 cm³/mol. The molecule has 7 nitrogen and oxygen atoms in total. The zero-order valence-corrected chi connectivity index (χ0v) is 11.0. The van der Waals surface area contributed by atoms with E-state index in [2.05, 4.69) is 10.3 Å². The summed E-state index contributed by atoms with van der Waals surface area (Å²) >= 11 is 0. The molecule has 0 aromatic carbocycles. The minimum Gasteiger partial charge on any atom is -0.477 e. The van der Waals surface area contributed by atoms with Crippen molar-refractivity contribution in [2.24, 2.45) is 0 Å². The van der Waals surface area contributed by atoms with E-state index in [1.165, 1.54) is 18.3 Å². The number of rotatable bonds is 3. The monoisotopic (exact) mass is 277 g/mol. The number of piperidine rings is 1. The van der Waals surface area contributed by atoms with Gasteiger partial charge in [-0.3, -0.25) is 9.59 Å². The third kappa shape index (κ3) is 3.11. The lowest BCUT2D eigenvalue weighted by Gasteiger charge is -2.30. The number of carbonyl (C=O) groups excluding carboxylic acids is 2. The van der Waals surface area contributed by atoms with Crippen molar-refractivity contribution >= 4 is 17.8 Å². The molecule has 7 heteroatoms. The highest BCUT2D eigenvalue weighted by molar-refractivity contribution is 5.95. The average molecular weight is 277 g/mol. The molecule has 2 amide bonds. The molecule has 106 valence electrons. The maximum absolute atomic E-state index is 12.0. The van der Waals surface area contributed by atoms with Gasteiger partial charge in [0.15, 0.2) is 0 Å². The number of nitrogens with one attached hydrogen (secondary N) is 1. The van der Waals surface area contributed by atoms with Crippen molar-refractivity contribution in [3.63, 3.8) is 0 Å². The number of carboxylic acid groups (broad SMARTS) is 1. The Labute approximate surface area is 115 Å². The smallest absolute Gasteiger partial charge is 0.354 e. The van der Waals surface area contributed by atoms with Crippen molar-refractivity contribution in [3.05, 3.63) is 29.6 Å².